The second-order valence-corrected chi connectivity index (χ2v) is 6.99. The van der Waals surface area contributed by atoms with Crippen molar-refractivity contribution in [3.8, 4) is 11.1 Å². The Labute approximate surface area is 128 Å². The Morgan fingerprint density at radius 3 is 2.38 bits per heavy atom. The minimum atomic E-state index is 1.03. The van der Waals surface area contributed by atoms with Crippen molar-refractivity contribution in [3.63, 3.8) is 0 Å². The second-order valence-electron chi connectivity index (χ2n) is 6.99. The molecule has 0 aliphatic heterocycles. The SMILES string of the molecule is C[N+](C)(C)CCC1=Cc2c(cccc2-c2ccccc2)C1. The van der Waals surface area contributed by atoms with Gasteiger partial charge >= 0.3 is 0 Å². The number of fused-ring (bicyclic) bond motifs is 1. The molecule has 2 aromatic rings. The summed E-state index contributed by atoms with van der Waals surface area (Å²) in [4.78, 5) is 0. The van der Waals surface area contributed by atoms with Gasteiger partial charge in [-0.15, -0.1) is 0 Å². The van der Waals surface area contributed by atoms with E-state index in [9.17, 15) is 0 Å². The van der Waals surface area contributed by atoms with Crippen LogP contribution >= 0.6 is 0 Å². The highest BCUT2D eigenvalue weighted by atomic mass is 15.3. The van der Waals surface area contributed by atoms with Gasteiger partial charge in [0.05, 0.1) is 27.7 Å². The first-order valence-electron chi connectivity index (χ1n) is 7.70. The number of hydrogen-bond acceptors (Lipinski definition) is 0. The third-order valence-electron chi connectivity index (χ3n) is 4.15. The van der Waals surface area contributed by atoms with Crippen molar-refractivity contribution in [2.75, 3.05) is 27.7 Å². The average Bonchev–Trinajstić information content (AvgIpc) is 2.88. The van der Waals surface area contributed by atoms with Crippen LogP contribution in [-0.2, 0) is 6.42 Å². The highest BCUT2D eigenvalue weighted by Gasteiger charge is 2.18. The lowest BCUT2D eigenvalue weighted by Crippen LogP contribution is -2.35. The first-order chi connectivity index (χ1) is 10.0. The molecule has 0 N–H and O–H groups in total. The van der Waals surface area contributed by atoms with Crippen molar-refractivity contribution in [3.05, 3.63) is 65.2 Å². The summed E-state index contributed by atoms with van der Waals surface area (Å²) < 4.78 is 1.03. The van der Waals surface area contributed by atoms with E-state index in [0.717, 1.165) is 10.9 Å². The molecule has 108 valence electrons. The predicted octanol–water partition coefficient (Wildman–Crippen LogP) is 4.39. The summed E-state index contributed by atoms with van der Waals surface area (Å²) in [5.41, 5.74) is 7.17. The van der Waals surface area contributed by atoms with Crippen LogP contribution in [0.3, 0.4) is 0 Å². The Hall–Kier alpha value is -1.86. The van der Waals surface area contributed by atoms with Gasteiger partial charge in [0.1, 0.15) is 0 Å². The van der Waals surface area contributed by atoms with Crippen molar-refractivity contribution < 1.29 is 4.48 Å². The molecular formula is C20H24N+. The maximum atomic E-state index is 2.42. The van der Waals surface area contributed by atoms with Crippen molar-refractivity contribution in [2.45, 2.75) is 12.8 Å². The molecule has 21 heavy (non-hydrogen) atoms. The second kappa shape index (κ2) is 5.50. The van der Waals surface area contributed by atoms with Crippen LogP contribution in [0.2, 0.25) is 0 Å². The van der Waals surface area contributed by atoms with Gasteiger partial charge in [-0.05, 0) is 28.7 Å². The fraction of sp³-hybridized carbons (Fsp3) is 0.300. The molecule has 0 saturated carbocycles. The summed E-state index contributed by atoms with van der Waals surface area (Å²) in [7, 11) is 6.79. The zero-order valence-corrected chi connectivity index (χ0v) is 13.3. The molecule has 0 aromatic heterocycles. The quantitative estimate of drug-likeness (QED) is 0.728. The van der Waals surface area contributed by atoms with Crippen LogP contribution in [0.4, 0.5) is 0 Å². The van der Waals surface area contributed by atoms with Crippen molar-refractivity contribution in [1.29, 1.82) is 0 Å². The Kier molecular flexibility index (Phi) is 3.69. The summed E-state index contributed by atoms with van der Waals surface area (Å²) in [5.74, 6) is 0. The van der Waals surface area contributed by atoms with E-state index in [2.05, 4.69) is 75.7 Å². The topological polar surface area (TPSA) is 0 Å². The van der Waals surface area contributed by atoms with Gasteiger partial charge in [-0.25, -0.2) is 0 Å². The Bertz CT molecular complexity index is 660. The fourth-order valence-corrected chi connectivity index (χ4v) is 2.95. The fourth-order valence-electron chi connectivity index (χ4n) is 2.95. The number of benzene rings is 2. The number of quaternary nitrogens is 1. The van der Waals surface area contributed by atoms with Crippen LogP contribution in [0.5, 0.6) is 0 Å². The molecular weight excluding hydrogens is 254 g/mol. The monoisotopic (exact) mass is 278 g/mol. The van der Waals surface area contributed by atoms with Crippen LogP contribution in [0.15, 0.2) is 54.1 Å². The van der Waals surface area contributed by atoms with Crippen molar-refractivity contribution in [1.82, 2.24) is 0 Å². The molecule has 2 aromatic carbocycles. The lowest BCUT2D eigenvalue weighted by Gasteiger charge is -2.23. The van der Waals surface area contributed by atoms with Gasteiger partial charge in [-0.2, -0.15) is 0 Å². The van der Waals surface area contributed by atoms with Gasteiger partial charge in [0.15, 0.2) is 0 Å². The van der Waals surface area contributed by atoms with E-state index < -0.39 is 0 Å². The van der Waals surface area contributed by atoms with Crippen LogP contribution in [0.1, 0.15) is 17.5 Å². The Balaban J connectivity index is 1.89. The van der Waals surface area contributed by atoms with Crippen LogP contribution in [0.25, 0.3) is 17.2 Å². The summed E-state index contributed by atoms with van der Waals surface area (Å²) in [5, 5.41) is 0. The highest BCUT2D eigenvalue weighted by Crippen LogP contribution is 2.34. The molecule has 0 heterocycles. The molecule has 1 heteroatoms. The van der Waals surface area contributed by atoms with E-state index in [1.807, 2.05) is 0 Å². The molecule has 0 saturated heterocycles. The molecule has 1 nitrogen and oxygen atoms in total. The third kappa shape index (κ3) is 3.25. The summed E-state index contributed by atoms with van der Waals surface area (Å²) in [6.07, 6.45) is 4.73. The maximum absolute atomic E-state index is 2.42. The van der Waals surface area contributed by atoms with Gasteiger partial charge in [-0.3, -0.25) is 0 Å². The molecule has 0 spiro atoms. The van der Waals surface area contributed by atoms with Gasteiger partial charge in [0.2, 0.25) is 0 Å². The summed E-state index contributed by atoms with van der Waals surface area (Å²) >= 11 is 0. The molecule has 3 rings (SSSR count). The third-order valence-corrected chi connectivity index (χ3v) is 4.15. The smallest absolute Gasteiger partial charge is 0.0818 e. The number of nitrogens with zero attached hydrogens (tertiary/aromatic N) is 1. The maximum Gasteiger partial charge on any atom is 0.0818 e. The Morgan fingerprint density at radius 1 is 0.905 bits per heavy atom. The zero-order chi connectivity index (χ0) is 14.9. The van der Waals surface area contributed by atoms with Crippen molar-refractivity contribution in [2.24, 2.45) is 0 Å². The molecule has 1 aliphatic carbocycles. The highest BCUT2D eigenvalue weighted by molar-refractivity contribution is 5.80. The van der Waals surface area contributed by atoms with Gasteiger partial charge in [0, 0.05) is 6.42 Å². The predicted molar refractivity (Wildman–Crippen MR) is 91.1 cm³/mol. The molecule has 0 amide bonds. The van der Waals surface area contributed by atoms with Crippen molar-refractivity contribution >= 4 is 6.08 Å². The standard InChI is InChI=1S/C20H24N/c1-21(2,3)13-12-16-14-18-10-7-11-19(20(18)15-16)17-8-5-4-6-9-17/h4-11,15H,12-14H2,1-3H3/q+1. The van der Waals surface area contributed by atoms with Crippen LogP contribution in [0, 0.1) is 0 Å². The van der Waals surface area contributed by atoms with E-state index in [0.29, 0.717) is 0 Å². The van der Waals surface area contributed by atoms with Gasteiger partial charge < -0.3 is 4.48 Å². The van der Waals surface area contributed by atoms with Crippen LogP contribution < -0.4 is 0 Å². The first-order valence-corrected chi connectivity index (χ1v) is 7.70. The van der Waals surface area contributed by atoms with E-state index in [-0.39, 0.29) is 0 Å². The van der Waals surface area contributed by atoms with E-state index in [1.165, 1.54) is 35.2 Å². The molecule has 0 fully saturated rings. The number of hydrogen-bond donors (Lipinski definition) is 0. The molecule has 1 aliphatic rings. The first kappa shape index (κ1) is 14.1. The zero-order valence-electron chi connectivity index (χ0n) is 13.3. The van der Waals surface area contributed by atoms with Gasteiger partial charge in [0.25, 0.3) is 0 Å². The molecule has 0 unspecified atom stereocenters. The van der Waals surface area contributed by atoms with Gasteiger partial charge in [-0.1, -0.05) is 60.2 Å². The lowest BCUT2D eigenvalue weighted by atomic mass is 9.97. The summed E-state index contributed by atoms with van der Waals surface area (Å²) in [6.45, 7) is 1.19. The largest absolute Gasteiger partial charge is 0.331 e. The molecule has 0 bridgehead atoms. The minimum Gasteiger partial charge on any atom is -0.331 e. The van der Waals surface area contributed by atoms with E-state index >= 15 is 0 Å². The Morgan fingerprint density at radius 2 is 1.67 bits per heavy atom. The summed E-state index contributed by atoms with van der Waals surface area (Å²) in [6, 6.07) is 17.4. The number of rotatable bonds is 4. The normalized spacial score (nSPS) is 14.0. The average molecular weight is 278 g/mol. The van der Waals surface area contributed by atoms with E-state index in [4.69, 9.17) is 0 Å². The van der Waals surface area contributed by atoms with Crippen LogP contribution in [-0.4, -0.2) is 32.2 Å². The molecule has 0 radical (unpaired) electrons. The minimum absolute atomic E-state index is 1.03. The molecule has 0 atom stereocenters. The van der Waals surface area contributed by atoms with E-state index in [1.54, 1.807) is 5.57 Å². The lowest BCUT2D eigenvalue weighted by molar-refractivity contribution is -0.870.